The van der Waals surface area contributed by atoms with E-state index in [-0.39, 0.29) is 0 Å². The highest BCUT2D eigenvalue weighted by Crippen LogP contribution is 2.01. The van der Waals surface area contributed by atoms with Crippen LogP contribution in [0.25, 0.3) is 0 Å². The summed E-state index contributed by atoms with van der Waals surface area (Å²) in [5.74, 6) is 1.19. The fraction of sp³-hybridized carbons (Fsp3) is 0.875. The van der Waals surface area contributed by atoms with Gasteiger partial charge in [0.05, 0.1) is 12.4 Å². The van der Waals surface area contributed by atoms with Gasteiger partial charge in [-0.15, -0.1) is 0 Å². The van der Waals surface area contributed by atoms with E-state index in [1.165, 1.54) is 5.84 Å². The third-order valence-electron chi connectivity index (χ3n) is 2.16. The van der Waals surface area contributed by atoms with Gasteiger partial charge in [-0.1, -0.05) is 0 Å². The number of aliphatic imine (C=N–C) groups is 1. The Bertz CT molecular complexity index is 153. The number of nitrogens with one attached hydrogen (secondary N) is 1. The normalized spacial score (nSPS) is 20.3. The van der Waals surface area contributed by atoms with E-state index < -0.39 is 0 Å². The molecule has 0 saturated carbocycles. The van der Waals surface area contributed by atoms with Crippen molar-refractivity contribution in [1.29, 1.82) is 0 Å². The molecular formula is C8H17N3. The van der Waals surface area contributed by atoms with Crippen molar-refractivity contribution in [2.24, 2.45) is 4.99 Å². The number of nitrogens with zero attached hydrogens (tertiary/aromatic N) is 2. The molecule has 0 aromatic heterocycles. The molecule has 0 aromatic carbocycles. The molecule has 1 aliphatic heterocycles. The van der Waals surface area contributed by atoms with Gasteiger partial charge in [0.15, 0.2) is 0 Å². The highest BCUT2D eigenvalue weighted by atomic mass is 15.2. The highest BCUT2D eigenvalue weighted by molar-refractivity contribution is 5.81. The Labute approximate surface area is 68.5 Å². The average molecular weight is 155 g/mol. The van der Waals surface area contributed by atoms with Crippen LogP contribution in [-0.2, 0) is 0 Å². The van der Waals surface area contributed by atoms with E-state index >= 15 is 0 Å². The molecule has 0 aliphatic carbocycles. The Balaban J connectivity index is 2.32. The summed E-state index contributed by atoms with van der Waals surface area (Å²) >= 11 is 0. The standard InChI is InChI=1S/C8H17N3/c1-7(9-3)6-11-5-4-10-8(11)2/h7,9H,4-6H2,1-3H3. The summed E-state index contributed by atoms with van der Waals surface area (Å²) in [6.07, 6.45) is 0. The van der Waals surface area contributed by atoms with E-state index in [1.54, 1.807) is 0 Å². The topological polar surface area (TPSA) is 27.6 Å². The predicted octanol–water partition coefficient (Wildman–Crippen LogP) is 0.328. The summed E-state index contributed by atoms with van der Waals surface area (Å²) < 4.78 is 0. The smallest absolute Gasteiger partial charge is 0.0959 e. The molecule has 1 rings (SSSR count). The second-order valence-corrected chi connectivity index (χ2v) is 3.06. The van der Waals surface area contributed by atoms with Crippen LogP contribution in [0, 0.1) is 0 Å². The monoisotopic (exact) mass is 155 g/mol. The first kappa shape index (κ1) is 8.53. The van der Waals surface area contributed by atoms with Gasteiger partial charge in [0, 0.05) is 19.1 Å². The minimum absolute atomic E-state index is 0.554. The number of hydrogen-bond acceptors (Lipinski definition) is 3. The molecule has 11 heavy (non-hydrogen) atoms. The van der Waals surface area contributed by atoms with Gasteiger partial charge in [-0.05, 0) is 20.9 Å². The van der Waals surface area contributed by atoms with Crippen molar-refractivity contribution < 1.29 is 0 Å². The van der Waals surface area contributed by atoms with Crippen molar-refractivity contribution in [3.05, 3.63) is 0 Å². The Kier molecular flexibility index (Phi) is 2.88. The highest BCUT2D eigenvalue weighted by Gasteiger charge is 2.13. The number of likely N-dealkylation sites (N-methyl/N-ethyl adjacent to an activating group) is 1. The fourth-order valence-electron chi connectivity index (χ4n) is 1.24. The molecule has 3 nitrogen and oxygen atoms in total. The molecule has 0 spiro atoms. The Morgan fingerprint density at radius 2 is 2.45 bits per heavy atom. The van der Waals surface area contributed by atoms with Crippen LogP contribution in [0.3, 0.4) is 0 Å². The van der Waals surface area contributed by atoms with Gasteiger partial charge in [0.25, 0.3) is 0 Å². The van der Waals surface area contributed by atoms with Crippen LogP contribution in [0.4, 0.5) is 0 Å². The van der Waals surface area contributed by atoms with Gasteiger partial charge < -0.3 is 10.2 Å². The second kappa shape index (κ2) is 3.72. The van der Waals surface area contributed by atoms with E-state index in [0.29, 0.717) is 6.04 Å². The summed E-state index contributed by atoms with van der Waals surface area (Å²) in [6, 6.07) is 0.554. The maximum absolute atomic E-state index is 4.32. The lowest BCUT2D eigenvalue weighted by Crippen LogP contribution is -2.38. The Hall–Kier alpha value is -0.570. The first-order valence-corrected chi connectivity index (χ1v) is 4.17. The van der Waals surface area contributed by atoms with Gasteiger partial charge in [0.2, 0.25) is 0 Å². The number of amidine groups is 1. The van der Waals surface area contributed by atoms with Crippen molar-refractivity contribution in [3.8, 4) is 0 Å². The fourth-order valence-corrected chi connectivity index (χ4v) is 1.24. The van der Waals surface area contributed by atoms with Crippen molar-refractivity contribution >= 4 is 5.84 Å². The predicted molar refractivity (Wildman–Crippen MR) is 48.1 cm³/mol. The molecule has 0 amide bonds. The molecule has 1 heterocycles. The zero-order valence-corrected chi connectivity index (χ0v) is 7.59. The molecule has 3 heteroatoms. The Morgan fingerprint density at radius 3 is 2.91 bits per heavy atom. The minimum atomic E-state index is 0.554. The van der Waals surface area contributed by atoms with E-state index in [2.05, 4.69) is 29.1 Å². The lowest BCUT2D eigenvalue weighted by Gasteiger charge is -2.21. The molecule has 0 fully saturated rings. The van der Waals surface area contributed by atoms with Crippen molar-refractivity contribution in [2.75, 3.05) is 26.7 Å². The molecule has 0 saturated heterocycles. The van der Waals surface area contributed by atoms with Gasteiger partial charge in [-0.3, -0.25) is 4.99 Å². The van der Waals surface area contributed by atoms with Crippen LogP contribution >= 0.6 is 0 Å². The van der Waals surface area contributed by atoms with Crippen molar-refractivity contribution in [2.45, 2.75) is 19.9 Å². The largest absolute Gasteiger partial charge is 0.357 e. The molecule has 1 aliphatic rings. The van der Waals surface area contributed by atoms with E-state index in [4.69, 9.17) is 0 Å². The van der Waals surface area contributed by atoms with Crippen LogP contribution in [0.15, 0.2) is 4.99 Å². The summed E-state index contributed by atoms with van der Waals surface area (Å²) in [4.78, 5) is 6.64. The minimum Gasteiger partial charge on any atom is -0.357 e. The lowest BCUT2D eigenvalue weighted by molar-refractivity contribution is 0.397. The molecular weight excluding hydrogens is 138 g/mol. The van der Waals surface area contributed by atoms with Crippen LogP contribution < -0.4 is 5.32 Å². The van der Waals surface area contributed by atoms with Gasteiger partial charge in [-0.2, -0.15) is 0 Å². The van der Waals surface area contributed by atoms with E-state index in [1.807, 2.05) is 7.05 Å². The molecule has 1 N–H and O–H groups in total. The molecule has 64 valence electrons. The zero-order chi connectivity index (χ0) is 8.27. The molecule has 0 bridgehead atoms. The number of hydrogen-bond donors (Lipinski definition) is 1. The van der Waals surface area contributed by atoms with Crippen molar-refractivity contribution in [3.63, 3.8) is 0 Å². The first-order valence-electron chi connectivity index (χ1n) is 4.17. The van der Waals surface area contributed by atoms with Gasteiger partial charge in [0.1, 0.15) is 0 Å². The third kappa shape index (κ3) is 2.19. The van der Waals surface area contributed by atoms with Crippen LogP contribution in [0.1, 0.15) is 13.8 Å². The lowest BCUT2D eigenvalue weighted by atomic mass is 10.3. The molecule has 0 aromatic rings. The summed E-state index contributed by atoms with van der Waals surface area (Å²) in [7, 11) is 1.99. The third-order valence-corrected chi connectivity index (χ3v) is 2.16. The van der Waals surface area contributed by atoms with E-state index in [0.717, 1.165) is 19.6 Å². The van der Waals surface area contributed by atoms with Crippen molar-refractivity contribution in [1.82, 2.24) is 10.2 Å². The quantitative estimate of drug-likeness (QED) is 0.636. The Morgan fingerprint density at radius 1 is 1.73 bits per heavy atom. The van der Waals surface area contributed by atoms with E-state index in [9.17, 15) is 0 Å². The second-order valence-electron chi connectivity index (χ2n) is 3.06. The zero-order valence-electron chi connectivity index (χ0n) is 7.59. The molecule has 1 atom stereocenters. The SMILES string of the molecule is CNC(C)CN1CCN=C1C. The summed E-state index contributed by atoms with van der Waals surface area (Å²) in [6.45, 7) is 7.41. The maximum atomic E-state index is 4.32. The summed E-state index contributed by atoms with van der Waals surface area (Å²) in [5.41, 5.74) is 0. The average Bonchev–Trinajstić information content (AvgIpc) is 2.37. The van der Waals surface area contributed by atoms with Gasteiger partial charge >= 0.3 is 0 Å². The van der Waals surface area contributed by atoms with Gasteiger partial charge in [-0.25, -0.2) is 0 Å². The van der Waals surface area contributed by atoms with Crippen LogP contribution in [0.5, 0.6) is 0 Å². The molecule has 1 unspecified atom stereocenters. The number of rotatable bonds is 3. The van der Waals surface area contributed by atoms with Crippen LogP contribution in [0.2, 0.25) is 0 Å². The first-order chi connectivity index (χ1) is 5.24. The molecule has 0 radical (unpaired) electrons. The summed E-state index contributed by atoms with van der Waals surface area (Å²) in [5, 5.41) is 3.22. The van der Waals surface area contributed by atoms with Crippen LogP contribution in [-0.4, -0.2) is 43.5 Å². The maximum Gasteiger partial charge on any atom is 0.0959 e.